The van der Waals surface area contributed by atoms with Gasteiger partial charge in [0.05, 0.1) is 6.61 Å². The largest absolute Gasteiger partial charge is 0.464 e. The fraction of sp³-hybridized carbons (Fsp3) is 0.727. The minimum Gasteiger partial charge on any atom is -0.464 e. The highest BCUT2D eigenvalue weighted by atomic mass is 16.5. The number of hydrazine groups is 1. The van der Waals surface area contributed by atoms with Gasteiger partial charge in [-0.3, -0.25) is 5.43 Å². The van der Waals surface area contributed by atoms with Crippen LogP contribution in [-0.4, -0.2) is 34.6 Å². The maximum atomic E-state index is 5.36. The lowest BCUT2D eigenvalue weighted by Crippen LogP contribution is -2.34. The Morgan fingerprint density at radius 3 is 2.67 bits per heavy atom. The second-order valence-corrected chi connectivity index (χ2v) is 4.49. The van der Waals surface area contributed by atoms with Crippen molar-refractivity contribution >= 4 is 11.9 Å². The van der Waals surface area contributed by atoms with Crippen LogP contribution < -0.4 is 20.9 Å². The van der Waals surface area contributed by atoms with Crippen LogP contribution >= 0.6 is 0 Å². The molecular formula is C11H20N6O. The molecule has 2 heterocycles. The molecule has 0 unspecified atom stereocenters. The Bertz CT molecular complexity index is 391. The Hall–Kier alpha value is -1.63. The number of nitrogens with two attached hydrogens (primary N) is 1. The van der Waals surface area contributed by atoms with E-state index >= 15 is 0 Å². The predicted molar refractivity (Wildman–Crippen MR) is 69.4 cm³/mol. The number of aromatic nitrogens is 3. The Balaban J connectivity index is 2.17. The van der Waals surface area contributed by atoms with E-state index in [0.717, 1.165) is 31.8 Å². The molecule has 1 aromatic heterocycles. The molecule has 1 aliphatic heterocycles. The van der Waals surface area contributed by atoms with E-state index in [2.05, 4.69) is 32.2 Å². The summed E-state index contributed by atoms with van der Waals surface area (Å²) >= 11 is 0. The van der Waals surface area contributed by atoms with E-state index in [-0.39, 0.29) is 0 Å². The standard InChI is InChI=1S/C11H20N6O/c1-3-18-11-14-9(16-12)13-10(15-11)17-6-4-8(2)5-7-17/h8H,3-7,12H2,1-2H3,(H,13,14,15,16). The van der Waals surface area contributed by atoms with Crippen LogP contribution in [0.15, 0.2) is 0 Å². The Morgan fingerprint density at radius 1 is 1.33 bits per heavy atom. The van der Waals surface area contributed by atoms with Gasteiger partial charge in [0, 0.05) is 13.1 Å². The first-order valence-corrected chi connectivity index (χ1v) is 6.33. The van der Waals surface area contributed by atoms with Crippen molar-refractivity contribution in [2.45, 2.75) is 26.7 Å². The fourth-order valence-corrected chi connectivity index (χ4v) is 1.95. The van der Waals surface area contributed by atoms with Gasteiger partial charge < -0.3 is 9.64 Å². The second kappa shape index (κ2) is 5.81. The zero-order valence-corrected chi connectivity index (χ0v) is 10.9. The van der Waals surface area contributed by atoms with Crippen LogP contribution in [0.1, 0.15) is 26.7 Å². The lowest BCUT2D eigenvalue weighted by Gasteiger charge is -2.30. The van der Waals surface area contributed by atoms with Crippen LogP contribution in [0, 0.1) is 5.92 Å². The van der Waals surface area contributed by atoms with E-state index in [1.807, 2.05) is 6.92 Å². The number of rotatable bonds is 4. The first kappa shape index (κ1) is 12.8. The molecule has 0 amide bonds. The molecule has 100 valence electrons. The smallest absolute Gasteiger partial charge is 0.323 e. The van der Waals surface area contributed by atoms with Crippen molar-refractivity contribution in [3.05, 3.63) is 0 Å². The van der Waals surface area contributed by atoms with Gasteiger partial charge in [0.15, 0.2) is 0 Å². The fourth-order valence-electron chi connectivity index (χ4n) is 1.95. The molecule has 0 aliphatic carbocycles. The normalized spacial score (nSPS) is 16.7. The Labute approximate surface area is 107 Å². The van der Waals surface area contributed by atoms with E-state index in [1.165, 1.54) is 0 Å². The van der Waals surface area contributed by atoms with Crippen LogP contribution in [0.25, 0.3) is 0 Å². The van der Waals surface area contributed by atoms with E-state index < -0.39 is 0 Å². The number of ether oxygens (including phenoxy) is 1. The van der Waals surface area contributed by atoms with Crippen molar-refractivity contribution in [3.63, 3.8) is 0 Å². The molecule has 18 heavy (non-hydrogen) atoms. The molecule has 7 heteroatoms. The van der Waals surface area contributed by atoms with Gasteiger partial charge in [0.2, 0.25) is 11.9 Å². The van der Waals surface area contributed by atoms with Gasteiger partial charge in [0.25, 0.3) is 0 Å². The first-order chi connectivity index (χ1) is 8.72. The third-order valence-electron chi connectivity index (χ3n) is 3.07. The average molecular weight is 252 g/mol. The van der Waals surface area contributed by atoms with Crippen LogP contribution in [0.5, 0.6) is 6.01 Å². The van der Waals surface area contributed by atoms with Crippen molar-refractivity contribution in [2.75, 3.05) is 30.0 Å². The minimum atomic E-state index is 0.314. The summed E-state index contributed by atoms with van der Waals surface area (Å²) < 4.78 is 5.32. The van der Waals surface area contributed by atoms with Gasteiger partial charge in [-0.2, -0.15) is 15.0 Å². The third-order valence-corrected chi connectivity index (χ3v) is 3.07. The molecule has 2 rings (SSSR count). The summed E-state index contributed by atoms with van der Waals surface area (Å²) in [4.78, 5) is 14.8. The number of anilines is 2. The topological polar surface area (TPSA) is 89.2 Å². The number of nitrogens with one attached hydrogen (secondary N) is 1. The minimum absolute atomic E-state index is 0.314. The second-order valence-electron chi connectivity index (χ2n) is 4.49. The summed E-state index contributed by atoms with van der Waals surface area (Å²) in [7, 11) is 0. The Morgan fingerprint density at radius 2 is 2.06 bits per heavy atom. The van der Waals surface area contributed by atoms with E-state index in [1.54, 1.807) is 0 Å². The number of nitrogen functional groups attached to an aromatic ring is 1. The molecule has 0 atom stereocenters. The summed E-state index contributed by atoms with van der Waals surface area (Å²) in [6.07, 6.45) is 2.31. The van der Waals surface area contributed by atoms with E-state index in [0.29, 0.717) is 24.5 Å². The van der Waals surface area contributed by atoms with Crippen LogP contribution in [0.3, 0.4) is 0 Å². The molecule has 0 saturated carbocycles. The number of hydrogen-bond acceptors (Lipinski definition) is 7. The van der Waals surface area contributed by atoms with Gasteiger partial charge >= 0.3 is 6.01 Å². The van der Waals surface area contributed by atoms with Crippen molar-refractivity contribution in [3.8, 4) is 6.01 Å². The van der Waals surface area contributed by atoms with Gasteiger partial charge in [-0.05, 0) is 25.7 Å². The van der Waals surface area contributed by atoms with Gasteiger partial charge in [-0.25, -0.2) is 5.84 Å². The van der Waals surface area contributed by atoms with Gasteiger partial charge in [-0.15, -0.1) is 0 Å². The van der Waals surface area contributed by atoms with E-state index in [4.69, 9.17) is 10.6 Å². The maximum absolute atomic E-state index is 5.36. The van der Waals surface area contributed by atoms with Crippen molar-refractivity contribution in [2.24, 2.45) is 11.8 Å². The number of piperidine rings is 1. The molecule has 0 aromatic carbocycles. The number of hydrogen-bond donors (Lipinski definition) is 2. The average Bonchev–Trinajstić information content (AvgIpc) is 2.39. The highest BCUT2D eigenvalue weighted by Gasteiger charge is 2.19. The van der Waals surface area contributed by atoms with Crippen LogP contribution in [0.2, 0.25) is 0 Å². The SMILES string of the molecule is CCOc1nc(NN)nc(N2CCC(C)CC2)n1. The Kier molecular flexibility index (Phi) is 4.14. The van der Waals surface area contributed by atoms with Crippen molar-refractivity contribution < 1.29 is 4.74 Å². The molecule has 7 nitrogen and oxygen atoms in total. The quantitative estimate of drug-likeness (QED) is 0.605. The lowest BCUT2D eigenvalue weighted by molar-refractivity contribution is 0.311. The van der Waals surface area contributed by atoms with Crippen molar-refractivity contribution in [1.82, 2.24) is 15.0 Å². The third kappa shape index (κ3) is 2.98. The molecule has 0 bridgehead atoms. The molecule has 3 N–H and O–H groups in total. The highest BCUT2D eigenvalue weighted by molar-refractivity contribution is 5.38. The highest BCUT2D eigenvalue weighted by Crippen LogP contribution is 2.21. The molecular weight excluding hydrogens is 232 g/mol. The molecule has 1 aliphatic rings. The maximum Gasteiger partial charge on any atom is 0.323 e. The number of nitrogens with zero attached hydrogens (tertiary/aromatic N) is 4. The zero-order chi connectivity index (χ0) is 13.0. The van der Waals surface area contributed by atoms with Gasteiger partial charge in [-0.1, -0.05) is 6.92 Å². The summed E-state index contributed by atoms with van der Waals surface area (Å²) in [5.41, 5.74) is 2.45. The van der Waals surface area contributed by atoms with Crippen molar-refractivity contribution in [1.29, 1.82) is 0 Å². The molecule has 0 spiro atoms. The summed E-state index contributed by atoms with van der Waals surface area (Å²) in [6.45, 7) is 6.59. The monoisotopic (exact) mass is 252 g/mol. The lowest BCUT2D eigenvalue weighted by atomic mass is 10.00. The molecule has 1 saturated heterocycles. The molecule has 1 fully saturated rings. The van der Waals surface area contributed by atoms with Gasteiger partial charge in [0.1, 0.15) is 0 Å². The van der Waals surface area contributed by atoms with Crippen LogP contribution in [0.4, 0.5) is 11.9 Å². The predicted octanol–water partition coefficient (Wildman–Crippen LogP) is 0.792. The molecule has 1 aromatic rings. The van der Waals surface area contributed by atoms with Crippen LogP contribution in [-0.2, 0) is 0 Å². The molecule has 0 radical (unpaired) electrons. The summed E-state index contributed by atoms with van der Waals surface area (Å²) in [5.74, 6) is 7.09. The summed E-state index contributed by atoms with van der Waals surface area (Å²) in [6, 6.07) is 0.314. The first-order valence-electron chi connectivity index (χ1n) is 6.33. The summed E-state index contributed by atoms with van der Waals surface area (Å²) in [5, 5.41) is 0. The van der Waals surface area contributed by atoms with E-state index in [9.17, 15) is 0 Å². The zero-order valence-electron chi connectivity index (χ0n) is 10.9.